The first-order valence-corrected chi connectivity index (χ1v) is 9.67. The van der Waals surface area contributed by atoms with Crippen LogP contribution in [0.15, 0.2) is 30.3 Å². The number of aliphatic hydroxyl groups is 1. The molecule has 1 aliphatic heterocycles. The summed E-state index contributed by atoms with van der Waals surface area (Å²) in [6.07, 6.45) is 6.15. The van der Waals surface area contributed by atoms with Gasteiger partial charge in [-0.1, -0.05) is 30.3 Å². The second-order valence-corrected chi connectivity index (χ2v) is 7.58. The second kappa shape index (κ2) is 9.20. The van der Waals surface area contributed by atoms with E-state index in [-0.39, 0.29) is 24.7 Å². The molecule has 1 saturated carbocycles. The van der Waals surface area contributed by atoms with Crippen molar-refractivity contribution in [3.05, 3.63) is 35.9 Å². The van der Waals surface area contributed by atoms with Gasteiger partial charge in [-0.15, -0.1) is 0 Å². The quantitative estimate of drug-likeness (QED) is 0.768. The van der Waals surface area contributed by atoms with E-state index in [1.165, 1.54) is 5.56 Å². The Bertz CT molecular complexity index is 529. The van der Waals surface area contributed by atoms with Crippen molar-refractivity contribution in [2.45, 2.75) is 57.2 Å². The molecule has 3 N–H and O–H groups in total. The first-order valence-electron chi connectivity index (χ1n) is 9.67. The summed E-state index contributed by atoms with van der Waals surface area (Å²) in [5, 5.41) is 15.5. The zero-order chi connectivity index (χ0) is 17.5. The number of likely N-dealkylation sites (tertiary alicyclic amines) is 1. The molecule has 1 aliphatic carbocycles. The summed E-state index contributed by atoms with van der Waals surface area (Å²) in [5.74, 6) is 0.422. The molecule has 2 fully saturated rings. The summed E-state index contributed by atoms with van der Waals surface area (Å²) in [4.78, 5) is 14.7. The lowest BCUT2D eigenvalue weighted by Crippen LogP contribution is -2.52. The number of aliphatic hydroxyl groups excluding tert-OH is 1. The normalized spacial score (nSPS) is 27.6. The van der Waals surface area contributed by atoms with Gasteiger partial charge >= 0.3 is 6.03 Å². The van der Waals surface area contributed by atoms with E-state index in [1.807, 2.05) is 6.07 Å². The molecular formula is C20H31N3O2. The first-order chi connectivity index (χ1) is 12.2. The van der Waals surface area contributed by atoms with Crippen LogP contribution in [-0.4, -0.2) is 47.8 Å². The fourth-order valence-corrected chi connectivity index (χ4v) is 4.06. The van der Waals surface area contributed by atoms with E-state index in [2.05, 4.69) is 39.8 Å². The van der Waals surface area contributed by atoms with Gasteiger partial charge in [-0.25, -0.2) is 4.79 Å². The molecule has 0 spiro atoms. The predicted molar refractivity (Wildman–Crippen MR) is 99.2 cm³/mol. The number of carbonyl (C=O) groups excluding carboxylic acids is 1. The monoisotopic (exact) mass is 345 g/mol. The molecule has 1 aromatic carbocycles. The smallest absolute Gasteiger partial charge is 0.315 e. The van der Waals surface area contributed by atoms with E-state index in [9.17, 15) is 9.90 Å². The minimum absolute atomic E-state index is 0.0287. The van der Waals surface area contributed by atoms with E-state index >= 15 is 0 Å². The zero-order valence-corrected chi connectivity index (χ0v) is 15.0. The van der Waals surface area contributed by atoms with E-state index in [0.29, 0.717) is 5.92 Å². The third kappa shape index (κ3) is 5.72. The van der Waals surface area contributed by atoms with Crippen molar-refractivity contribution in [2.75, 3.05) is 19.7 Å². The lowest BCUT2D eigenvalue weighted by molar-refractivity contribution is 0.167. The Morgan fingerprint density at radius 3 is 2.48 bits per heavy atom. The van der Waals surface area contributed by atoms with Crippen LogP contribution in [0.1, 0.15) is 44.1 Å². The summed E-state index contributed by atoms with van der Waals surface area (Å²) in [6.45, 7) is 3.24. The first kappa shape index (κ1) is 18.2. The molecule has 5 nitrogen and oxygen atoms in total. The van der Waals surface area contributed by atoms with Crippen molar-refractivity contribution in [1.29, 1.82) is 0 Å². The minimum atomic E-state index is -0.0287. The molecule has 3 rings (SSSR count). The molecule has 2 amide bonds. The molecular weight excluding hydrogens is 314 g/mol. The van der Waals surface area contributed by atoms with Gasteiger partial charge in [0.25, 0.3) is 0 Å². The summed E-state index contributed by atoms with van der Waals surface area (Å²) in [6, 6.07) is 11.0. The number of nitrogens with one attached hydrogen (secondary N) is 2. The average molecular weight is 345 g/mol. The van der Waals surface area contributed by atoms with Crippen molar-refractivity contribution in [3.8, 4) is 0 Å². The standard InChI is InChI=1S/C20H31N3O2/c24-15-17-8-10-18(11-9-17)21-20(25)22-19-7-4-12-23(14-19)13-16-5-2-1-3-6-16/h1-3,5-6,17-19,24H,4,7-15H2,(H2,21,22,25)/t17?,18?,19-/m0/s1. The van der Waals surface area contributed by atoms with Crippen LogP contribution in [0.25, 0.3) is 0 Å². The van der Waals surface area contributed by atoms with Gasteiger partial charge in [-0.3, -0.25) is 4.90 Å². The van der Waals surface area contributed by atoms with Crippen LogP contribution in [0.2, 0.25) is 0 Å². The average Bonchev–Trinajstić information content (AvgIpc) is 2.63. The number of hydrogen-bond acceptors (Lipinski definition) is 3. The van der Waals surface area contributed by atoms with Crippen molar-refractivity contribution in [2.24, 2.45) is 5.92 Å². The third-order valence-electron chi connectivity index (χ3n) is 5.53. The van der Waals surface area contributed by atoms with Gasteiger partial charge < -0.3 is 15.7 Å². The third-order valence-corrected chi connectivity index (χ3v) is 5.53. The van der Waals surface area contributed by atoms with E-state index in [4.69, 9.17) is 0 Å². The van der Waals surface area contributed by atoms with Crippen LogP contribution in [-0.2, 0) is 6.54 Å². The zero-order valence-electron chi connectivity index (χ0n) is 15.0. The Hall–Kier alpha value is -1.59. The molecule has 0 radical (unpaired) electrons. The molecule has 1 heterocycles. The van der Waals surface area contributed by atoms with Crippen LogP contribution in [0, 0.1) is 5.92 Å². The van der Waals surface area contributed by atoms with Gasteiger partial charge in [-0.2, -0.15) is 0 Å². The van der Waals surface area contributed by atoms with Crippen LogP contribution < -0.4 is 10.6 Å². The summed E-state index contributed by atoms with van der Waals surface area (Å²) in [5.41, 5.74) is 1.33. The van der Waals surface area contributed by atoms with Crippen molar-refractivity contribution < 1.29 is 9.90 Å². The van der Waals surface area contributed by atoms with Crippen molar-refractivity contribution in [1.82, 2.24) is 15.5 Å². The Balaban J connectivity index is 1.40. The summed E-state index contributed by atoms with van der Waals surface area (Å²) < 4.78 is 0. The molecule has 138 valence electrons. The highest BCUT2D eigenvalue weighted by molar-refractivity contribution is 5.74. The summed E-state index contributed by atoms with van der Waals surface area (Å²) in [7, 11) is 0. The highest BCUT2D eigenvalue weighted by atomic mass is 16.3. The molecule has 0 unspecified atom stereocenters. The van der Waals surface area contributed by atoms with Gasteiger partial charge in [0.1, 0.15) is 0 Å². The number of rotatable bonds is 5. The maximum absolute atomic E-state index is 12.3. The fourth-order valence-electron chi connectivity index (χ4n) is 4.06. The molecule has 1 aromatic rings. The van der Waals surface area contributed by atoms with Gasteiger partial charge in [0.05, 0.1) is 0 Å². The number of hydrogen-bond donors (Lipinski definition) is 3. The molecule has 2 aliphatic rings. The van der Waals surface area contributed by atoms with Crippen LogP contribution in [0.4, 0.5) is 4.79 Å². The lowest BCUT2D eigenvalue weighted by atomic mass is 9.87. The van der Waals surface area contributed by atoms with Gasteiger partial charge in [0.15, 0.2) is 0 Å². The minimum Gasteiger partial charge on any atom is -0.396 e. The highest BCUT2D eigenvalue weighted by Gasteiger charge is 2.24. The maximum atomic E-state index is 12.3. The Kier molecular flexibility index (Phi) is 6.70. The number of piperidine rings is 1. The fraction of sp³-hybridized carbons (Fsp3) is 0.650. The molecule has 25 heavy (non-hydrogen) atoms. The number of amides is 2. The van der Waals surface area contributed by atoms with Crippen LogP contribution in [0.5, 0.6) is 0 Å². The molecule has 5 heteroatoms. The van der Waals surface area contributed by atoms with E-state index in [0.717, 1.165) is 58.2 Å². The summed E-state index contributed by atoms with van der Waals surface area (Å²) >= 11 is 0. The maximum Gasteiger partial charge on any atom is 0.315 e. The molecule has 1 saturated heterocycles. The SMILES string of the molecule is O=C(NC1CCC(CO)CC1)N[C@H]1CCCN(Cc2ccccc2)C1. The second-order valence-electron chi connectivity index (χ2n) is 7.58. The number of nitrogens with zero attached hydrogens (tertiary/aromatic N) is 1. The van der Waals surface area contributed by atoms with Gasteiger partial charge in [0.2, 0.25) is 0 Å². The highest BCUT2D eigenvalue weighted by Crippen LogP contribution is 2.23. The van der Waals surface area contributed by atoms with E-state index < -0.39 is 0 Å². The predicted octanol–water partition coefficient (Wildman–Crippen LogP) is 2.50. The largest absolute Gasteiger partial charge is 0.396 e. The topological polar surface area (TPSA) is 64.6 Å². The number of benzene rings is 1. The number of urea groups is 1. The molecule has 0 aromatic heterocycles. The van der Waals surface area contributed by atoms with E-state index in [1.54, 1.807) is 0 Å². The van der Waals surface area contributed by atoms with Crippen molar-refractivity contribution >= 4 is 6.03 Å². The van der Waals surface area contributed by atoms with Crippen LogP contribution in [0.3, 0.4) is 0 Å². The lowest BCUT2D eigenvalue weighted by Gasteiger charge is -2.34. The van der Waals surface area contributed by atoms with Gasteiger partial charge in [0, 0.05) is 31.8 Å². The molecule has 0 bridgehead atoms. The Morgan fingerprint density at radius 1 is 1.04 bits per heavy atom. The molecule has 1 atom stereocenters. The van der Waals surface area contributed by atoms with Crippen LogP contribution >= 0.6 is 0 Å². The Labute approximate surface area is 150 Å². The number of carbonyl (C=O) groups is 1. The Morgan fingerprint density at radius 2 is 1.76 bits per heavy atom. The van der Waals surface area contributed by atoms with Crippen molar-refractivity contribution in [3.63, 3.8) is 0 Å². The van der Waals surface area contributed by atoms with Gasteiger partial charge in [-0.05, 0) is 56.6 Å².